The van der Waals surface area contributed by atoms with Crippen molar-refractivity contribution in [1.29, 1.82) is 0 Å². The minimum Gasteiger partial charge on any atom is -0.356 e. The second-order valence-electron chi connectivity index (χ2n) is 5.39. The summed E-state index contributed by atoms with van der Waals surface area (Å²) in [6, 6.07) is 0. The van der Waals surface area contributed by atoms with Crippen LogP contribution in [0.5, 0.6) is 0 Å². The van der Waals surface area contributed by atoms with Gasteiger partial charge in [-0.3, -0.25) is 4.79 Å². The first-order valence-electron chi connectivity index (χ1n) is 6.36. The molecule has 0 aromatic heterocycles. The molecule has 1 aliphatic rings. The second kappa shape index (κ2) is 6.50. The summed E-state index contributed by atoms with van der Waals surface area (Å²) in [6.45, 7) is 5.40. The van der Waals surface area contributed by atoms with E-state index in [1.807, 2.05) is 0 Å². The van der Waals surface area contributed by atoms with Crippen molar-refractivity contribution >= 4 is 5.91 Å². The van der Waals surface area contributed by atoms with Crippen LogP contribution >= 0.6 is 0 Å². The van der Waals surface area contributed by atoms with Gasteiger partial charge in [0.25, 0.3) is 0 Å². The van der Waals surface area contributed by atoms with Gasteiger partial charge in [-0.25, -0.2) is 0 Å². The Balaban J connectivity index is 2.33. The highest BCUT2D eigenvalue weighted by molar-refractivity contribution is 5.79. The number of hydrogen-bond acceptors (Lipinski definition) is 2. The number of hydrogen-bond donors (Lipinski definition) is 1. The highest BCUT2D eigenvalue weighted by Crippen LogP contribution is 2.40. The number of carbonyl (C=O) groups excluding carboxylic acids is 1. The quantitative estimate of drug-likeness (QED) is 0.340. The molecule has 1 rings (SSSR count). The monoisotopic (exact) mass is 238 g/mol. The van der Waals surface area contributed by atoms with Crippen LogP contribution in [0, 0.1) is 11.3 Å². The van der Waals surface area contributed by atoms with Gasteiger partial charge in [0.15, 0.2) is 0 Å². The molecule has 1 saturated carbocycles. The summed E-state index contributed by atoms with van der Waals surface area (Å²) in [5, 5.41) is 6.38. The predicted octanol–water partition coefficient (Wildman–Crippen LogP) is 3.02. The summed E-state index contributed by atoms with van der Waals surface area (Å²) in [5.41, 5.74) is 8.24. The zero-order valence-corrected chi connectivity index (χ0v) is 10.8. The molecule has 0 aromatic rings. The molecule has 1 atom stereocenters. The summed E-state index contributed by atoms with van der Waals surface area (Å²) < 4.78 is 0. The van der Waals surface area contributed by atoms with Crippen LogP contribution in [0.1, 0.15) is 46.0 Å². The number of rotatable bonds is 5. The van der Waals surface area contributed by atoms with Gasteiger partial charge in [-0.05, 0) is 30.2 Å². The molecular formula is C12H22N4O. The van der Waals surface area contributed by atoms with Gasteiger partial charge in [0.05, 0.1) is 0 Å². The average Bonchev–Trinajstić information content (AvgIpc) is 2.28. The van der Waals surface area contributed by atoms with E-state index in [4.69, 9.17) is 5.53 Å². The molecular weight excluding hydrogens is 216 g/mol. The number of nitrogens with one attached hydrogen (secondary N) is 1. The lowest BCUT2D eigenvalue weighted by Gasteiger charge is -2.37. The first-order valence-corrected chi connectivity index (χ1v) is 6.36. The Morgan fingerprint density at radius 2 is 2.29 bits per heavy atom. The minimum absolute atomic E-state index is 0.118. The van der Waals surface area contributed by atoms with Crippen LogP contribution in [-0.4, -0.2) is 19.0 Å². The van der Waals surface area contributed by atoms with Crippen molar-refractivity contribution in [2.75, 3.05) is 13.1 Å². The first-order chi connectivity index (χ1) is 8.08. The Morgan fingerprint density at radius 1 is 1.53 bits per heavy atom. The molecule has 17 heavy (non-hydrogen) atoms. The highest BCUT2D eigenvalue weighted by Gasteiger charge is 2.36. The standard InChI is InChI=1S/C12H22N4O/c1-12(2)7-4-3-6-10(12)11(17)14-8-5-9-15-16-13/h10H,3-9H2,1-2H3,(H,14,17). The number of nitrogens with zero attached hydrogens (tertiary/aromatic N) is 3. The van der Waals surface area contributed by atoms with Crippen molar-refractivity contribution < 1.29 is 4.79 Å². The Kier molecular flexibility index (Phi) is 5.29. The summed E-state index contributed by atoms with van der Waals surface area (Å²) >= 11 is 0. The number of carbonyl (C=O) groups is 1. The zero-order chi connectivity index (χ0) is 12.7. The molecule has 96 valence electrons. The third-order valence-corrected chi connectivity index (χ3v) is 3.62. The van der Waals surface area contributed by atoms with Crippen molar-refractivity contribution in [3.8, 4) is 0 Å². The molecule has 1 fully saturated rings. The van der Waals surface area contributed by atoms with Crippen LogP contribution in [0.2, 0.25) is 0 Å². The van der Waals surface area contributed by atoms with E-state index in [2.05, 4.69) is 29.2 Å². The van der Waals surface area contributed by atoms with Crippen LogP contribution in [-0.2, 0) is 4.79 Å². The molecule has 0 aliphatic heterocycles. The number of azide groups is 1. The van der Waals surface area contributed by atoms with Crippen molar-refractivity contribution in [3.63, 3.8) is 0 Å². The normalized spacial score (nSPS) is 22.6. The van der Waals surface area contributed by atoms with Crippen molar-refractivity contribution in [3.05, 3.63) is 10.4 Å². The minimum atomic E-state index is 0.118. The molecule has 5 heteroatoms. The third-order valence-electron chi connectivity index (χ3n) is 3.62. The lowest BCUT2D eigenvalue weighted by Crippen LogP contribution is -2.41. The molecule has 1 amide bonds. The second-order valence-corrected chi connectivity index (χ2v) is 5.39. The number of amides is 1. The molecule has 1 N–H and O–H groups in total. The predicted molar refractivity (Wildman–Crippen MR) is 67.4 cm³/mol. The van der Waals surface area contributed by atoms with E-state index in [9.17, 15) is 4.79 Å². The van der Waals surface area contributed by atoms with Gasteiger partial charge >= 0.3 is 0 Å². The van der Waals surface area contributed by atoms with Gasteiger partial charge in [0.2, 0.25) is 5.91 Å². The summed E-state index contributed by atoms with van der Waals surface area (Å²) in [6.07, 6.45) is 5.22. The van der Waals surface area contributed by atoms with Crippen molar-refractivity contribution in [2.45, 2.75) is 46.0 Å². The molecule has 0 heterocycles. The lowest BCUT2D eigenvalue weighted by atomic mass is 9.68. The molecule has 0 radical (unpaired) electrons. The Hall–Kier alpha value is -1.22. The van der Waals surface area contributed by atoms with Gasteiger partial charge in [-0.2, -0.15) is 0 Å². The van der Waals surface area contributed by atoms with E-state index in [0.29, 0.717) is 19.5 Å². The fourth-order valence-corrected chi connectivity index (χ4v) is 2.51. The fraction of sp³-hybridized carbons (Fsp3) is 0.917. The van der Waals surface area contributed by atoms with Crippen LogP contribution < -0.4 is 5.32 Å². The van der Waals surface area contributed by atoms with E-state index in [1.54, 1.807) is 0 Å². The molecule has 0 saturated heterocycles. The van der Waals surface area contributed by atoms with E-state index in [-0.39, 0.29) is 17.2 Å². The SMILES string of the molecule is CC1(C)CCCCC1C(=O)NCCCN=[N+]=[N-]. The lowest BCUT2D eigenvalue weighted by molar-refractivity contribution is -0.130. The molecule has 1 aliphatic carbocycles. The summed E-state index contributed by atoms with van der Waals surface area (Å²) in [5.74, 6) is 0.298. The summed E-state index contributed by atoms with van der Waals surface area (Å²) in [7, 11) is 0. The van der Waals surface area contributed by atoms with Crippen LogP contribution in [0.4, 0.5) is 0 Å². The average molecular weight is 238 g/mol. The third kappa shape index (κ3) is 4.27. The van der Waals surface area contributed by atoms with Gasteiger partial charge in [0, 0.05) is 23.9 Å². The first kappa shape index (κ1) is 13.8. The molecule has 5 nitrogen and oxygen atoms in total. The van der Waals surface area contributed by atoms with Gasteiger partial charge < -0.3 is 5.32 Å². The maximum Gasteiger partial charge on any atom is 0.223 e. The van der Waals surface area contributed by atoms with E-state index < -0.39 is 0 Å². The molecule has 1 unspecified atom stereocenters. The zero-order valence-electron chi connectivity index (χ0n) is 10.8. The molecule has 0 aromatic carbocycles. The van der Waals surface area contributed by atoms with Crippen LogP contribution in [0.15, 0.2) is 5.11 Å². The summed E-state index contributed by atoms with van der Waals surface area (Å²) in [4.78, 5) is 14.7. The smallest absolute Gasteiger partial charge is 0.223 e. The van der Waals surface area contributed by atoms with E-state index >= 15 is 0 Å². The van der Waals surface area contributed by atoms with Gasteiger partial charge in [-0.15, -0.1) is 0 Å². The van der Waals surface area contributed by atoms with Crippen molar-refractivity contribution in [1.82, 2.24) is 5.32 Å². The Labute approximate surface area is 103 Å². The Bertz CT molecular complexity index is 308. The van der Waals surface area contributed by atoms with Crippen LogP contribution in [0.25, 0.3) is 10.4 Å². The van der Waals surface area contributed by atoms with Gasteiger partial charge in [-0.1, -0.05) is 31.8 Å². The highest BCUT2D eigenvalue weighted by atomic mass is 16.1. The topological polar surface area (TPSA) is 77.9 Å². The van der Waals surface area contributed by atoms with Crippen LogP contribution in [0.3, 0.4) is 0 Å². The Morgan fingerprint density at radius 3 is 2.94 bits per heavy atom. The fourth-order valence-electron chi connectivity index (χ4n) is 2.51. The van der Waals surface area contributed by atoms with Gasteiger partial charge in [0.1, 0.15) is 0 Å². The van der Waals surface area contributed by atoms with Crippen molar-refractivity contribution in [2.24, 2.45) is 16.4 Å². The van der Waals surface area contributed by atoms with E-state index in [0.717, 1.165) is 19.3 Å². The largest absolute Gasteiger partial charge is 0.356 e. The maximum absolute atomic E-state index is 12.0. The molecule has 0 spiro atoms. The molecule has 0 bridgehead atoms. The van der Waals surface area contributed by atoms with E-state index in [1.165, 1.54) is 6.42 Å². The maximum atomic E-state index is 12.0.